The third kappa shape index (κ3) is 9.06. The predicted octanol–water partition coefficient (Wildman–Crippen LogP) is 14.9. The average Bonchev–Trinajstić information content (AvgIpc) is 3.00. The molecule has 0 radical (unpaired) electrons. The quantitative estimate of drug-likeness (QED) is 0.179. The predicted molar refractivity (Wildman–Crippen MR) is 236 cm³/mol. The molecule has 0 aromatic heterocycles. The summed E-state index contributed by atoms with van der Waals surface area (Å²) in [6.45, 7) is 49.7. The zero-order valence-corrected chi connectivity index (χ0v) is 38.2. The molecule has 0 nitrogen and oxygen atoms in total. The molecule has 0 amide bonds. The highest BCUT2D eigenvalue weighted by Crippen LogP contribution is 2.39. The van der Waals surface area contributed by atoms with Crippen molar-refractivity contribution < 1.29 is 0 Å². The molecule has 0 bridgehead atoms. The van der Waals surface area contributed by atoms with Gasteiger partial charge in [0, 0.05) is 0 Å². The standard InChI is InChI=1S/C53H76/c1-31(2)42-23-40(28-47(37(42)8)51(13,14)15)25-44-34(5)43(24-39-22-32(3)33(4)46(27-39)50(10,11)12)35(6)45(36(44)7)26-41-29-48(52(16,17)18)38(9)49(30-41)53(19,20)21/h22-23,27-31H,24-26H2,1-21H3. The van der Waals surface area contributed by atoms with Crippen molar-refractivity contribution in [3.63, 3.8) is 0 Å². The fourth-order valence-corrected chi connectivity index (χ4v) is 9.33. The van der Waals surface area contributed by atoms with Crippen molar-refractivity contribution in [3.05, 3.63) is 137 Å². The molecular weight excluding hydrogens is 637 g/mol. The van der Waals surface area contributed by atoms with Crippen molar-refractivity contribution >= 4 is 0 Å². The first kappa shape index (κ1) is 42.6. The van der Waals surface area contributed by atoms with Crippen LogP contribution in [0.5, 0.6) is 0 Å². The normalized spacial score (nSPS) is 13.0. The maximum atomic E-state index is 2.53. The topological polar surface area (TPSA) is 0 Å². The van der Waals surface area contributed by atoms with Crippen LogP contribution in [-0.4, -0.2) is 0 Å². The van der Waals surface area contributed by atoms with Gasteiger partial charge in [-0.1, -0.05) is 133 Å². The van der Waals surface area contributed by atoms with E-state index in [4.69, 9.17) is 0 Å². The van der Waals surface area contributed by atoms with Gasteiger partial charge >= 0.3 is 0 Å². The highest BCUT2D eigenvalue weighted by atomic mass is 14.3. The third-order valence-corrected chi connectivity index (χ3v) is 12.4. The largest absolute Gasteiger partial charge is 0.0587 e. The Morgan fingerprint density at radius 3 is 0.962 bits per heavy atom. The molecule has 0 heterocycles. The van der Waals surface area contributed by atoms with Crippen molar-refractivity contribution in [2.24, 2.45) is 0 Å². The van der Waals surface area contributed by atoms with E-state index in [1.807, 2.05) is 0 Å². The van der Waals surface area contributed by atoms with Crippen molar-refractivity contribution in [1.82, 2.24) is 0 Å². The molecule has 53 heavy (non-hydrogen) atoms. The van der Waals surface area contributed by atoms with Crippen molar-refractivity contribution in [2.75, 3.05) is 0 Å². The van der Waals surface area contributed by atoms with Gasteiger partial charge in [-0.05, 0) is 195 Å². The van der Waals surface area contributed by atoms with Crippen LogP contribution in [0.1, 0.15) is 203 Å². The van der Waals surface area contributed by atoms with Gasteiger partial charge in [-0.25, -0.2) is 0 Å². The van der Waals surface area contributed by atoms with E-state index in [0.29, 0.717) is 5.92 Å². The van der Waals surface area contributed by atoms with Crippen LogP contribution in [0, 0.1) is 48.5 Å². The first-order valence-corrected chi connectivity index (χ1v) is 20.5. The number of benzene rings is 4. The Labute approximate surface area is 327 Å². The molecule has 0 atom stereocenters. The summed E-state index contributed by atoms with van der Waals surface area (Å²) in [6.07, 6.45) is 2.85. The SMILES string of the molecule is Cc1cc(Cc2c(C)c(Cc3cc(C(C)C)c(C)c(C(C)(C)C)c3)c(C)c(Cc3cc(C(C)(C)C)c(C)c(C(C)(C)C)c3)c2C)cc(C(C)(C)C)c1C. The smallest absolute Gasteiger partial charge is 0.00201 e. The van der Waals surface area contributed by atoms with Crippen LogP contribution in [0.4, 0.5) is 0 Å². The summed E-state index contributed by atoms with van der Waals surface area (Å²) in [5.74, 6) is 0.486. The molecule has 0 aliphatic rings. The summed E-state index contributed by atoms with van der Waals surface area (Å²) in [5, 5.41) is 0. The second-order valence-corrected chi connectivity index (χ2v) is 21.3. The third-order valence-electron chi connectivity index (χ3n) is 12.4. The van der Waals surface area contributed by atoms with Gasteiger partial charge in [0.2, 0.25) is 0 Å². The second kappa shape index (κ2) is 14.8. The minimum atomic E-state index is 0.0756. The van der Waals surface area contributed by atoms with Crippen molar-refractivity contribution in [3.8, 4) is 0 Å². The lowest BCUT2D eigenvalue weighted by molar-refractivity contribution is 0.559. The molecule has 0 aliphatic carbocycles. The van der Waals surface area contributed by atoms with Crippen LogP contribution in [0.3, 0.4) is 0 Å². The molecule has 0 spiro atoms. The van der Waals surface area contributed by atoms with E-state index < -0.39 is 0 Å². The summed E-state index contributed by atoms with van der Waals surface area (Å²) in [5.41, 5.74) is 26.7. The molecule has 0 saturated heterocycles. The number of hydrogen-bond acceptors (Lipinski definition) is 0. The highest BCUT2D eigenvalue weighted by Gasteiger charge is 2.27. The van der Waals surface area contributed by atoms with Crippen molar-refractivity contribution in [1.29, 1.82) is 0 Å². The van der Waals surface area contributed by atoms with Gasteiger partial charge in [0.1, 0.15) is 0 Å². The number of rotatable bonds is 7. The van der Waals surface area contributed by atoms with Gasteiger partial charge in [-0.2, -0.15) is 0 Å². The summed E-state index contributed by atoms with van der Waals surface area (Å²) in [7, 11) is 0. The Hall–Kier alpha value is -3.12. The molecule has 288 valence electrons. The summed E-state index contributed by atoms with van der Waals surface area (Å²) >= 11 is 0. The molecule has 4 aromatic carbocycles. The second-order valence-electron chi connectivity index (χ2n) is 21.3. The fraction of sp³-hybridized carbons (Fsp3) is 0.547. The Morgan fingerprint density at radius 2 is 0.642 bits per heavy atom. The molecule has 0 fully saturated rings. The van der Waals surface area contributed by atoms with Crippen LogP contribution < -0.4 is 0 Å². The molecular formula is C53H76. The van der Waals surface area contributed by atoms with Gasteiger partial charge in [0.05, 0.1) is 0 Å². The van der Waals surface area contributed by atoms with Gasteiger partial charge in [0.25, 0.3) is 0 Å². The monoisotopic (exact) mass is 713 g/mol. The van der Waals surface area contributed by atoms with E-state index in [1.54, 1.807) is 0 Å². The highest BCUT2D eigenvalue weighted by molar-refractivity contribution is 5.57. The van der Waals surface area contributed by atoms with E-state index in [0.717, 1.165) is 19.3 Å². The van der Waals surface area contributed by atoms with E-state index in [2.05, 4.69) is 182 Å². The minimum absolute atomic E-state index is 0.0756. The Kier molecular flexibility index (Phi) is 11.9. The van der Waals surface area contributed by atoms with E-state index in [1.165, 1.54) is 100 Å². The lowest BCUT2D eigenvalue weighted by atomic mass is 9.74. The lowest BCUT2D eigenvalue weighted by Crippen LogP contribution is -2.20. The van der Waals surface area contributed by atoms with Gasteiger partial charge in [0.15, 0.2) is 0 Å². The Morgan fingerprint density at radius 1 is 0.358 bits per heavy atom. The van der Waals surface area contributed by atoms with Crippen LogP contribution >= 0.6 is 0 Å². The Balaban J connectivity index is 2.04. The average molecular weight is 713 g/mol. The summed E-state index contributed by atoms with van der Waals surface area (Å²) in [4.78, 5) is 0. The molecule has 0 saturated carbocycles. The minimum Gasteiger partial charge on any atom is -0.0587 e. The number of aryl methyl sites for hydroxylation is 1. The van der Waals surface area contributed by atoms with E-state index >= 15 is 0 Å². The first-order valence-electron chi connectivity index (χ1n) is 20.5. The molecule has 0 aliphatic heterocycles. The maximum absolute atomic E-state index is 2.53. The molecule has 4 rings (SSSR count). The van der Waals surface area contributed by atoms with Crippen LogP contribution in [-0.2, 0) is 40.9 Å². The fourth-order valence-electron chi connectivity index (χ4n) is 9.33. The van der Waals surface area contributed by atoms with Crippen LogP contribution in [0.2, 0.25) is 0 Å². The zero-order chi connectivity index (χ0) is 40.3. The lowest BCUT2D eigenvalue weighted by Gasteiger charge is -2.30. The first-order chi connectivity index (χ1) is 24.0. The summed E-state index contributed by atoms with van der Waals surface area (Å²) in [6, 6.07) is 15.1. The number of hydrogen-bond donors (Lipinski definition) is 0. The van der Waals surface area contributed by atoms with Crippen LogP contribution in [0.25, 0.3) is 0 Å². The summed E-state index contributed by atoms with van der Waals surface area (Å²) < 4.78 is 0. The van der Waals surface area contributed by atoms with Crippen LogP contribution in [0.15, 0.2) is 36.4 Å². The van der Waals surface area contributed by atoms with E-state index in [-0.39, 0.29) is 21.7 Å². The van der Waals surface area contributed by atoms with E-state index in [9.17, 15) is 0 Å². The molecule has 4 aromatic rings. The van der Waals surface area contributed by atoms with Crippen molar-refractivity contribution in [2.45, 2.75) is 192 Å². The van der Waals surface area contributed by atoms with Gasteiger partial charge < -0.3 is 0 Å². The van der Waals surface area contributed by atoms with Gasteiger partial charge in [-0.15, -0.1) is 0 Å². The zero-order valence-electron chi connectivity index (χ0n) is 38.2. The molecule has 0 unspecified atom stereocenters. The molecule has 0 N–H and O–H groups in total. The van der Waals surface area contributed by atoms with Gasteiger partial charge in [-0.3, -0.25) is 0 Å². The molecule has 0 heteroatoms. The maximum Gasteiger partial charge on any atom is -0.00201 e. The Bertz CT molecular complexity index is 1960.